The van der Waals surface area contributed by atoms with Gasteiger partial charge in [0, 0.05) is 24.9 Å². The average Bonchev–Trinajstić information content (AvgIpc) is 2.95. The molecule has 2 N–H and O–H groups in total. The first-order valence-electron chi connectivity index (χ1n) is 5.91. The normalized spacial score (nSPS) is 11.1. The minimum Gasteiger partial charge on any atom is -0.423 e. The van der Waals surface area contributed by atoms with E-state index in [4.69, 9.17) is 14.7 Å². The number of aromatic nitrogens is 2. The number of hydrogen-bond donors (Lipinski definition) is 1. The highest BCUT2D eigenvalue weighted by molar-refractivity contribution is 5.78. The number of benzene rings is 1. The maximum absolute atomic E-state index is 5.71. The number of anilines is 2. The van der Waals surface area contributed by atoms with Crippen molar-refractivity contribution in [2.45, 2.75) is 13.5 Å². The van der Waals surface area contributed by atoms with Crippen LogP contribution in [0.2, 0.25) is 0 Å². The second-order valence-electron chi connectivity index (χ2n) is 4.51. The number of hydrogen-bond acceptors (Lipinski definition) is 6. The van der Waals surface area contributed by atoms with Crippen LogP contribution in [0.15, 0.2) is 33.2 Å². The van der Waals surface area contributed by atoms with E-state index in [0.717, 1.165) is 17.0 Å². The number of nitrogens with two attached hydrogens (primary N) is 1. The fourth-order valence-corrected chi connectivity index (χ4v) is 1.90. The van der Waals surface area contributed by atoms with Gasteiger partial charge < -0.3 is 19.6 Å². The van der Waals surface area contributed by atoms with E-state index in [1.807, 2.05) is 31.0 Å². The van der Waals surface area contributed by atoms with Crippen LogP contribution in [0.5, 0.6) is 0 Å². The average molecular weight is 258 g/mol. The fourth-order valence-electron chi connectivity index (χ4n) is 1.90. The Morgan fingerprint density at radius 3 is 2.89 bits per heavy atom. The summed E-state index contributed by atoms with van der Waals surface area (Å²) in [6.45, 7) is 2.43. The molecule has 2 aromatic heterocycles. The molecule has 0 aliphatic carbocycles. The first kappa shape index (κ1) is 11.6. The van der Waals surface area contributed by atoms with Crippen molar-refractivity contribution >= 4 is 22.8 Å². The highest BCUT2D eigenvalue weighted by atomic mass is 16.5. The molecule has 0 amide bonds. The van der Waals surface area contributed by atoms with Gasteiger partial charge in [-0.15, -0.1) is 0 Å². The topological polar surface area (TPSA) is 81.3 Å². The number of nitrogens with zero attached hydrogens (tertiary/aromatic N) is 3. The Balaban J connectivity index is 1.86. The van der Waals surface area contributed by atoms with Crippen LogP contribution in [0.25, 0.3) is 11.1 Å². The molecule has 0 spiro atoms. The molecule has 0 saturated heterocycles. The number of aryl methyl sites for hydroxylation is 1. The van der Waals surface area contributed by atoms with Crippen LogP contribution < -0.4 is 10.6 Å². The van der Waals surface area contributed by atoms with Gasteiger partial charge in [-0.1, -0.05) is 5.16 Å². The summed E-state index contributed by atoms with van der Waals surface area (Å²) in [5, 5.41) is 3.94. The van der Waals surface area contributed by atoms with E-state index in [2.05, 4.69) is 10.1 Å². The van der Waals surface area contributed by atoms with Crippen molar-refractivity contribution in [1.82, 2.24) is 10.1 Å². The standard InChI is InChI=1S/C13H14N4O2/c1-8-5-10(16-19-8)7-17(2)13-15-11-4-3-9(14)6-12(11)18-13/h3-6H,7,14H2,1-2H3. The third-order valence-electron chi connectivity index (χ3n) is 2.80. The molecule has 19 heavy (non-hydrogen) atoms. The van der Waals surface area contributed by atoms with Gasteiger partial charge in [-0.05, 0) is 19.1 Å². The lowest BCUT2D eigenvalue weighted by atomic mass is 10.3. The lowest BCUT2D eigenvalue weighted by molar-refractivity contribution is 0.390. The van der Waals surface area contributed by atoms with E-state index in [0.29, 0.717) is 23.8 Å². The molecule has 0 bridgehead atoms. The second kappa shape index (κ2) is 4.31. The summed E-state index contributed by atoms with van der Waals surface area (Å²) in [7, 11) is 1.89. The summed E-state index contributed by atoms with van der Waals surface area (Å²) in [4.78, 5) is 6.27. The fraction of sp³-hybridized carbons (Fsp3) is 0.231. The van der Waals surface area contributed by atoms with Gasteiger partial charge in [-0.2, -0.15) is 4.98 Å². The van der Waals surface area contributed by atoms with Crippen molar-refractivity contribution in [3.63, 3.8) is 0 Å². The van der Waals surface area contributed by atoms with Gasteiger partial charge in [0.2, 0.25) is 0 Å². The Morgan fingerprint density at radius 1 is 1.32 bits per heavy atom. The number of rotatable bonds is 3. The largest absolute Gasteiger partial charge is 0.423 e. The van der Waals surface area contributed by atoms with E-state index >= 15 is 0 Å². The van der Waals surface area contributed by atoms with Crippen LogP contribution in [-0.4, -0.2) is 17.2 Å². The van der Waals surface area contributed by atoms with E-state index in [-0.39, 0.29) is 0 Å². The number of nitrogen functional groups attached to an aromatic ring is 1. The Kier molecular flexibility index (Phi) is 2.63. The zero-order chi connectivity index (χ0) is 13.4. The van der Waals surface area contributed by atoms with E-state index in [1.165, 1.54) is 0 Å². The molecule has 0 radical (unpaired) electrons. The lowest BCUT2D eigenvalue weighted by Crippen LogP contribution is -2.16. The Hall–Kier alpha value is -2.50. The van der Waals surface area contributed by atoms with Gasteiger partial charge in [0.05, 0.1) is 6.54 Å². The molecule has 0 unspecified atom stereocenters. The van der Waals surface area contributed by atoms with Crippen LogP contribution in [-0.2, 0) is 6.54 Å². The smallest absolute Gasteiger partial charge is 0.298 e. The molecule has 98 valence electrons. The summed E-state index contributed by atoms with van der Waals surface area (Å²) in [6, 6.07) is 7.82. The first-order valence-corrected chi connectivity index (χ1v) is 5.91. The van der Waals surface area contributed by atoms with Crippen LogP contribution >= 0.6 is 0 Å². The SMILES string of the molecule is Cc1cc(CN(C)c2nc3ccc(N)cc3o2)no1. The molecular formula is C13H14N4O2. The summed E-state index contributed by atoms with van der Waals surface area (Å²) < 4.78 is 10.7. The van der Waals surface area contributed by atoms with Crippen LogP contribution in [0.3, 0.4) is 0 Å². The molecule has 0 atom stereocenters. The molecule has 0 saturated carbocycles. The Morgan fingerprint density at radius 2 is 2.16 bits per heavy atom. The van der Waals surface area contributed by atoms with Crippen molar-refractivity contribution < 1.29 is 8.94 Å². The number of oxazole rings is 1. The number of fused-ring (bicyclic) bond motifs is 1. The van der Waals surface area contributed by atoms with E-state index in [1.54, 1.807) is 12.1 Å². The maximum atomic E-state index is 5.71. The highest BCUT2D eigenvalue weighted by Crippen LogP contribution is 2.23. The molecular weight excluding hydrogens is 244 g/mol. The van der Waals surface area contributed by atoms with Crippen molar-refractivity contribution in [2.24, 2.45) is 0 Å². The summed E-state index contributed by atoms with van der Waals surface area (Å²) in [6.07, 6.45) is 0. The van der Waals surface area contributed by atoms with E-state index in [9.17, 15) is 0 Å². The molecule has 0 aliphatic rings. The van der Waals surface area contributed by atoms with Gasteiger partial charge in [0.1, 0.15) is 17.0 Å². The lowest BCUT2D eigenvalue weighted by Gasteiger charge is -2.11. The first-order chi connectivity index (χ1) is 9.11. The monoisotopic (exact) mass is 258 g/mol. The molecule has 6 nitrogen and oxygen atoms in total. The summed E-state index contributed by atoms with van der Waals surface area (Å²) >= 11 is 0. The quantitative estimate of drug-likeness (QED) is 0.726. The van der Waals surface area contributed by atoms with Crippen molar-refractivity contribution in [1.29, 1.82) is 0 Å². The third-order valence-corrected chi connectivity index (χ3v) is 2.80. The third kappa shape index (κ3) is 2.24. The van der Waals surface area contributed by atoms with Crippen LogP contribution in [0, 0.1) is 6.92 Å². The van der Waals surface area contributed by atoms with E-state index < -0.39 is 0 Å². The van der Waals surface area contributed by atoms with Crippen LogP contribution in [0.1, 0.15) is 11.5 Å². The van der Waals surface area contributed by atoms with Gasteiger partial charge in [0.25, 0.3) is 6.01 Å². The predicted octanol–water partition coefficient (Wildman–Crippen LogP) is 2.34. The van der Waals surface area contributed by atoms with Crippen molar-refractivity contribution in [2.75, 3.05) is 17.7 Å². The molecule has 6 heteroatoms. The Bertz CT molecular complexity index is 716. The second-order valence-corrected chi connectivity index (χ2v) is 4.51. The van der Waals surface area contributed by atoms with Gasteiger partial charge in [0.15, 0.2) is 5.58 Å². The molecule has 0 aliphatic heterocycles. The van der Waals surface area contributed by atoms with Crippen LogP contribution in [0.4, 0.5) is 11.7 Å². The molecule has 0 fully saturated rings. The van der Waals surface area contributed by atoms with Gasteiger partial charge in [-0.3, -0.25) is 0 Å². The zero-order valence-electron chi connectivity index (χ0n) is 10.8. The van der Waals surface area contributed by atoms with Gasteiger partial charge >= 0.3 is 0 Å². The Labute approximate surface area is 109 Å². The van der Waals surface area contributed by atoms with Crippen molar-refractivity contribution in [3.05, 3.63) is 35.7 Å². The minimum atomic E-state index is 0.529. The summed E-state index contributed by atoms with van der Waals surface area (Å²) in [5.74, 6) is 0.786. The van der Waals surface area contributed by atoms with Crippen molar-refractivity contribution in [3.8, 4) is 0 Å². The summed E-state index contributed by atoms with van der Waals surface area (Å²) in [5.41, 5.74) is 8.67. The minimum absolute atomic E-state index is 0.529. The molecule has 3 aromatic rings. The van der Waals surface area contributed by atoms with Gasteiger partial charge in [-0.25, -0.2) is 0 Å². The maximum Gasteiger partial charge on any atom is 0.298 e. The molecule has 3 rings (SSSR count). The zero-order valence-corrected chi connectivity index (χ0v) is 10.8. The molecule has 1 aromatic carbocycles. The predicted molar refractivity (Wildman–Crippen MR) is 71.8 cm³/mol. The highest BCUT2D eigenvalue weighted by Gasteiger charge is 2.12. The molecule has 2 heterocycles.